The van der Waals surface area contributed by atoms with Crippen LogP contribution >= 0.6 is 0 Å². The summed E-state index contributed by atoms with van der Waals surface area (Å²) in [5, 5.41) is 20.6. The number of nitrogens with one attached hydrogen (secondary N) is 4. The molecule has 244 valence electrons. The number of hydrogen-bond acceptors (Lipinski definition) is 5. The molecule has 3 aromatic rings. The summed E-state index contributed by atoms with van der Waals surface area (Å²) in [4.78, 5) is 64.6. The molecule has 0 aromatic heterocycles. The maximum atomic E-state index is 13.6. The number of carboxylic acids is 1. The number of hydrogen-bond donors (Lipinski definition) is 5. The highest BCUT2D eigenvalue weighted by atomic mass is 16.4. The lowest BCUT2D eigenvalue weighted by atomic mass is 9.97. The van der Waals surface area contributed by atoms with Crippen molar-refractivity contribution in [3.63, 3.8) is 0 Å². The van der Waals surface area contributed by atoms with Crippen LogP contribution in [0.1, 0.15) is 63.3 Å². The highest BCUT2D eigenvalue weighted by molar-refractivity contribution is 6.00. The summed E-state index contributed by atoms with van der Waals surface area (Å²) in [6, 6.07) is 20.9. The van der Waals surface area contributed by atoms with E-state index in [4.69, 9.17) is 0 Å². The van der Waals surface area contributed by atoms with E-state index in [9.17, 15) is 29.1 Å². The zero-order chi connectivity index (χ0) is 33.9. The highest BCUT2D eigenvalue weighted by Crippen LogP contribution is 2.21. The normalized spacial score (nSPS) is 12.4. The van der Waals surface area contributed by atoms with Crippen molar-refractivity contribution in [1.29, 1.82) is 0 Å². The first kappa shape index (κ1) is 35.3. The maximum absolute atomic E-state index is 13.6. The van der Waals surface area contributed by atoms with Gasteiger partial charge in [-0.25, -0.2) is 4.79 Å². The van der Waals surface area contributed by atoms with Gasteiger partial charge in [0.15, 0.2) is 0 Å². The fourth-order valence-electron chi connectivity index (χ4n) is 4.81. The predicted molar refractivity (Wildman–Crippen MR) is 177 cm³/mol. The third kappa shape index (κ3) is 10.2. The zero-order valence-corrected chi connectivity index (χ0v) is 26.9. The Morgan fingerprint density at radius 3 is 2.09 bits per heavy atom. The van der Waals surface area contributed by atoms with Gasteiger partial charge in [-0.1, -0.05) is 74.5 Å². The van der Waals surface area contributed by atoms with Crippen LogP contribution in [-0.2, 0) is 25.7 Å². The number of anilines is 2. The number of urea groups is 1. The first-order chi connectivity index (χ1) is 21.8. The number of carboxylic acid groups (broad SMARTS) is 1. The van der Waals surface area contributed by atoms with Gasteiger partial charge in [0.2, 0.25) is 18.2 Å². The number of para-hydroxylation sites is 1. The fraction of sp³-hybridized carbons (Fsp3) is 0.343. The van der Waals surface area contributed by atoms with Gasteiger partial charge in [0.25, 0.3) is 0 Å². The molecular weight excluding hydrogens is 586 g/mol. The summed E-state index contributed by atoms with van der Waals surface area (Å²) in [6.45, 7) is 8.98. The Morgan fingerprint density at radius 2 is 1.50 bits per heavy atom. The molecule has 5 N–H and O–H groups in total. The lowest BCUT2D eigenvalue weighted by Crippen LogP contribution is -2.58. The second kappa shape index (κ2) is 16.2. The molecule has 11 nitrogen and oxygen atoms in total. The lowest BCUT2D eigenvalue weighted by molar-refractivity contribution is -0.141. The van der Waals surface area contributed by atoms with Gasteiger partial charge in [0.1, 0.15) is 11.6 Å². The Hall–Kier alpha value is -5.19. The summed E-state index contributed by atoms with van der Waals surface area (Å²) < 4.78 is 0. The van der Waals surface area contributed by atoms with E-state index >= 15 is 0 Å². The van der Waals surface area contributed by atoms with E-state index in [1.54, 1.807) is 68.4 Å². The number of carbonyl (C=O) groups is 5. The van der Waals surface area contributed by atoms with E-state index < -0.39 is 41.4 Å². The molecular formula is C35H43N5O6. The van der Waals surface area contributed by atoms with Crippen LogP contribution in [0, 0.1) is 12.8 Å². The van der Waals surface area contributed by atoms with E-state index in [1.807, 2.05) is 45.0 Å². The molecule has 0 fully saturated rings. The minimum Gasteiger partial charge on any atom is -0.481 e. The molecule has 0 bridgehead atoms. The standard InChI is InChI=1S/C35H43N5O6/c1-23(2)19-30(32(44)37-29(20-31(42)43)26-12-7-6-8-13-26)38-33(45)35(4,5)40(22-41)21-25-15-17-27(18-16-25)36-34(46)39-28-14-10-9-11-24(28)3/h6-18,22-23,29-30H,19-21H2,1-5H3,(H,37,44)(H,38,45)(H,42,43)(H2,36,39,46)/t29-,30-/m0/s1. The van der Waals surface area contributed by atoms with Crippen LogP contribution in [0.4, 0.5) is 16.2 Å². The number of benzene rings is 3. The van der Waals surface area contributed by atoms with Gasteiger partial charge >= 0.3 is 12.0 Å². The van der Waals surface area contributed by atoms with E-state index in [1.165, 1.54) is 4.90 Å². The molecule has 0 radical (unpaired) electrons. The number of aryl methyl sites for hydroxylation is 1. The van der Waals surface area contributed by atoms with Crippen molar-refractivity contribution < 1.29 is 29.1 Å². The van der Waals surface area contributed by atoms with Crippen molar-refractivity contribution in [3.8, 4) is 0 Å². The van der Waals surface area contributed by atoms with Crippen LogP contribution in [-0.4, -0.2) is 51.8 Å². The minimum atomic E-state index is -1.35. The van der Waals surface area contributed by atoms with Gasteiger partial charge in [-0.05, 0) is 68.0 Å². The van der Waals surface area contributed by atoms with Crippen molar-refractivity contribution in [2.24, 2.45) is 5.92 Å². The SMILES string of the molecule is Cc1ccccc1NC(=O)Nc1ccc(CN(C=O)C(C)(C)C(=O)N[C@@H](CC(C)C)C(=O)N[C@@H](CC(=O)O)c2ccccc2)cc1. The van der Waals surface area contributed by atoms with Crippen LogP contribution in [0.15, 0.2) is 78.9 Å². The summed E-state index contributed by atoms with van der Waals surface area (Å²) >= 11 is 0. The van der Waals surface area contributed by atoms with Gasteiger partial charge in [-0.2, -0.15) is 0 Å². The molecule has 46 heavy (non-hydrogen) atoms. The quantitative estimate of drug-likeness (QED) is 0.145. The smallest absolute Gasteiger partial charge is 0.323 e. The average molecular weight is 630 g/mol. The molecule has 11 heteroatoms. The molecule has 3 rings (SSSR count). The number of aliphatic carboxylic acids is 1. The number of carbonyl (C=O) groups excluding carboxylic acids is 4. The Morgan fingerprint density at radius 1 is 0.870 bits per heavy atom. The molecule has 0 saturated heterocycles. The van der Waals surface area contributed by atoms with Crippen molar-refractivity contribution in [2.45, 2.75) is 71.6 Å². The first-order valence-electron chi connectivity index (χ1n) is 15.1. The number of amides is 5. The van der Waals surface area contributed by atoms with Crippen LogP contribution in [0.2, 0.25) is 0 Å². The fourth-order valence-corrected chi connectivity index (χ4v) is 4.81. The van der Waals surface area contributed by atoms with E-state index in [2.05, 4.69) is 21.3 Å². The average Bonchev–Trinajstić information content (AvgIpc) is 3.01. The minimum absolute atomic E-state index is 0.0295. The monoisotopic (exact) mass is 629 g/mol. The summed E-state index contributed by atoms with van der Waals surface area (Å²) in [5.74, 6) is -2.10. The molecule has 2 atom stereocenters. The molecule has 0 heterocycles. The van der Waals surface area contributed by atoms with Crippen molar-refractivity contribution in [3.05, 3.63) is 95.6 Å². The maximum Gasteiger partial charge on any atom is 0.323 e. The Labute approximate surface area is 269 Å². The molecule has 0 unspecified atom stereocenters. The number of rotatable bonds is 15. The van der Waals surface area contributed by atoms with Crippen molar-refractivity contribution >= 4 is 41.6 Å². The van der Waals surface area contributed by atoms with E-state index in [0.29, 0.717) is 35.3 Å². The largest absolute Gasteiger partial charge is 0.481 e. The van der Waals surface area contributed by atoms with E-state index in [0.717, 1.165) is 5.56 Å². The summed E-state index contributed by atoms with van der Waals surface area (Å²) in [5.41, 5.74) is 2.18. The molecule has 0 saturated carbocycles. The van der Waals surface area contributed by atoms with Gasteiger partial charge in [0.05, 0.1) is 12.5 Å². The summed E-state index contributed by atoms with van der Waals surface area (Å²) in [7, 11) is 0. The molecule has 3 aromatic carbocycles. The predicted octanol–water partition coefficient (Wildman–Crippen LogP) is 5.24. The third-order valence-electron chi connectivity index (χ3n) is 7.59. The molecule has 0 spiro atoms. The summed E-state index contributed by atoms with van der Waals surface area (Å²) in [6.07, 6.45) is 0.556. The Bertz CT molecular complexity index is 1510. The molecule has 0 aliphatic rings. The topological polar surface area (TPSA) is 157 Å². The molecule has 5 amide bonds. The molecule has 0 aliphatic carbocycles. The van der Waals surface area contributed by atoms with Crippen LogP contribution in [0.3, 0.4) is 0 Å². The van der Waals surface area contributed by atoms with Crippen molar-refractivity contribution in [1.82, 2.24) is 15.5 Å². The zero-order valence-electron chi connectivity index (χ0n) is 26.9. The van der Waals surface area contributed by atoms with Gasteiger partial charge in [-0.3, -0.25) is 19.2 Å². The van der Waals surface area contributed by atoms with Gasteiger partial charge < -0.3 is 31.3 Å². The van der Waals surface area contributed by atoms with Crippen LogP contribution in [0.25, 0.3) is 0 Å². The van der Waals surface area contributed by atoms with Gasteiger partial charge in [0, 0.05) is 17.9 Å². The lowest BCUT2D eigenvalue weighted by Gasteiger charge is -2.36. The number of nitrogens with zero attached hydrogens (tertiary/aromatic N) is 1. The second-order valence-corrected chi connectivity index (χ2v) is 12.1. The third-order valence-corrected chi connectivity index (χ3v) is 7.59. The van der Waals surface area contributed by atoms with Crippen LogP contribution < -0.4 is 21.3 Å². The first-order valence-corrected chi connectivity index (χ1v) is 15.1. The second-order valence-electron chi connectivity index (χ2n) is 12.1. The molecule has 0 aliphatic heterocycles. The highest BCUT2D eigenvalue weighted by Gasteiger charge is 2.37. The Kier molecular flexibility index (Phi) is 12.4. The van der Waals surface area contributed by atoms with E-state index in [-0.39, 0.29) is 18.9 Å². The van der Waals surface area contributed by atoms with Gasteiger partial charge in [-0.15, -0.1) is 0 Å². The Balaban J connectivity index is 1.67. The van der Waals surface area contributed by atoms with Crippen molar-refractivity contribution in [2.75, 3.05) is 10.6 Å². The van der Waals surface area contributed by atoms with Crippen LogP contribution in [0.5, 0.6) is 0 Å².